The van der Waals surface area contributed by atoms with Gasteiger partial charge in [-0.25, -0.2) is 9.59 Å². The molecule has 1 aliphatic carbocycles. The van der Waals surface area contributed by atoms with Gasteiger partial charge in [0.15, 0.2) is 0 Å². The fourth-order valence-electron chi connectivity index (χ4n) is 2.79. The molecular weight excluding hydrogens is 280 g/mol. The third-order valence-corrected chi connectivity index (χ3v) is 3.93. The Kier molecular flexibility index (Phi) is 4.39. The van der Waals surface area contributed by atoms with E-state index in [2.05, 4.69) is 4.98 Å². The van der Waals surface area contributed by atoms with Crippen LogP contribution in [0.3, 0.4) is 0 Å². The number of aromatic nitrogens is 2. The topological polar surface area (TPSA) is 143 Å². The fraction of sp³-hybridized carbons (Fsp3) is 0.462. The number of hydrogen-bond donors (Lipinski definition) is 5. The lowest BCUT2D eigenvalue weighted by atomic mass is 9.61. The molecule has 3 atom stereocenters. The van der Waals surface area contributed by atoms with Crippen LogP contribution in [-0.2, 0) is 4.79 Å². The maximum Gasteiger partial charge on any atom is 0.328 e. The smallest absolute Gasteiger partial charge is 0.328 e. The maximum atomic E-state index is 11.8. The zero-order valence-electron chi connectivity index (χ0n) is 11.1. The number of hydrogen-bond acceptors (Lipinski definition) is 5. The normalized spacial score (nSPS) is 25.4. The summed E-state index contributed by atoms with van der Waals surface area (Å²) in [5, 5.41) is 27.5. The highest BCUT2D eigenvalue weighted by atomic mass is 16.4. The van der Waals surface area contributed by atoms with E-state index < -0.39 is 17.2 Å². The van der Waals surface area contributed by atoms with Crippen molar-refractivity contribution < 1.29 is 20.1 Å². The Bertz CT molecular complexity index is 674. The van der Waals surface area contributed by atoms with Crippen LogP contribution in [0.5, 0.6) is 0 Å². The number of aliphatic carboxylic acids is 1. The first kappa shape index (κ1) is 15.2. The monoisotopic (exact) mass is 296 g/mol. The number of allylic oxidation sites excluding steroid dienone is 1. The summed E-state index contributed by atoms with van der Waals surface area (Å²) in [7, 11) is 0. The van der Waals surface area contributed by atoms with E-state index in [9.17, 15) is 19.5 Å². The molecule has 1 fully saturated rings. The number of H-pyrrole nitrogens is 2. The van der Waals surface area contributed by atoms with E-state index in [0.29, 0.717) is 6.42 Å². The molecule has 0 saturated heterocycles. The number of carboxylic acids is 1. The Morgan fingerprint density at radius 2 is 2.05 bits per heavy atom. The van der Waals surface area contributed by atoms with Crippen molar-refractivity contribution in [1.29, 1.82) is 0 Å². The SMILES string of the molecule is O=C(O)C=C(c1c[nH]c(=O)[nH]c1=O)C1CC(CO)C1CO. The quantitative estimate of drug-likeness (QED) is 0.430. The standard InChI is InChI=1S/C13H16N2O6/c16-4-6-1-7(10(6)5-17)8(2-11(18)19)9-3-14-13(21)15-12(9)20/h2-3,6-7,10,16-17H,1,4-5H2,(H,18,19)(H2,14,15,20,21). The van der Waals surface area contributed by atoms with Crippen LogP contribution < -0.4 is 11.2 Å². The fourth-order valence-corrected chi connectivity index (χ4v) is 2.79. The predicted octanol–water partition coefficient (Wildman–Crippen LogP) is -1.23. The Morgan fingerprint density at radius 1 is 1.33 bits per heavy atom. The van der Waals surface area contributed by atoms with Gasteiger partial charge in [0.1, 0.15) is 0 Å². The third-order valence-electron chi connectivity index (χ3n) is 3.93. The highest BCUT2D eigenvalue weighted by Crippen LogP contribution is 2.46. The van der Waals surface area contributed by atoms with Gasteiger partial charge in [0.2, 0.25) is 0 Å². The summed E-state index contributed by atoms with van der Waals surface area (Å²) in [5.74, 6) is -2.01. The number of aliphatic hydroxyl groups is 2. The van der Waals surface area contributed by atoms with E-state index >= 15 is 0 Å². The highest BCUT2D eigenvalue weighted by molar-refractivity contribution is 5.90. The molecule has 1 aromatic rings. The first-order chi connectivity index (χ1) is 9.97. The van der Waals surface area contributed by atoms with Crippen LogP contribution in [-0.4, -0.2) is 44.5 Å². The molecule has 8 heteroatoms. The van der Waals surface area contributed by atoms with Crippen molar-refractivity contribution in [3.8, 4) is 0 Å². The van der Waals surface area contributed by atoms with E-state index in [1.807, 2.05) is 4.98 Å². The minimum absolute atomic E-state index is 0.0526. The van der Waals surface area contributed by atoms with Gasteiger partial charge in [-0.2, -0.15) is 0 Å². The summed E-state index contributed by atoms with van der Waals surface area (Å²) in [5.41, 5.74) is -1.07. The average molecular weight is 296 g/mol. The van der Waals surface area contributed by atoms with Crippen LogP contribution in [0.15, 0.2) is 21.9 Å². The van der Waals surface area contributed by atoms with E-state index in [1.165, 1.54) is 0 Å². The number of aromatic amines is 2. The van der Waals surface area contributed by atoms with E-state index in [0.717, 1.165) is 12.3 Å². The van der Waals surface area contributed by atoms with Gasteiger partial charge in [0.25, 0.3) is 5.56 Å². The molecule has 0 bridgehead atoms. The van der Waals surface area contributed by atoms with Crippen molar-refractivity contribution in [2.24, 2.45) is 17.8 Å². The Labute approximate surface area is 118 Å². The molecule has 114 valence electrons. The molecule has 0 aromatic carbocycles. The lowest BCUT2D eigenvalue weighted by Gasteiger charge is -2.44. The van der Waals surface area contributed by atoms with Crippen molar-refractivity contribution in [2.45, 2.75) is 6.42 Å². The third kappa shape index (κ3) is 2.96. The van der Waals surface area contributed by atoms with Gasteiger partial charge >= 0.3 is 11.7 Å². The molecule has 1 saturated carbocycles. The maximum absolute atomic E-state index is 11.8. The largest absolute Gasteiger partial charge is 0.478 e. The van der Waals surface area contributed by atoms with Gasteiger partial charge in [-0.3, -0.25) is 9.78 Å². The molecule has 2 rings (SSSR count). The minimum Gasteiger partial charge on any atom is -0.478 e. The van der Waals surface area contributed by atoms with Crippen molar-refractivity contribution in [1.82, 2.24) is 9.97 Å². The average Bonchev–Trinajstić information content (AvgIpc) is 2.37. The number of nitrogens with one attached hydrogen (secondary N) is 2. The second-order valence-electron chi connectivity index (χ2n) is 5.05. The minimum atomic E-state index is -1.22. The molecule has 0 aliphatic heterocycles. The van der Waals surface area contributed by atoms with Gasteiger partial charge in [-0.05, 0) is 29.7 Å². The number of aliphatic hydroxyl groups excluding tert-OH is 2. The predicted molar refractivity (Wildman–Crippen MR) is 72.6 cm³/mol. The van der Waals surface area contributed by atoms with Crippen LogP contribution in [0.4, 0.5) is 0 Å². The zero-order valence-corrected chi connectivity index (χ0v) is 11.1. The van der Waals surface area contributed by atoms with Crippen LogP contribution >= 0.6 is 0 Å². The van der Waals surface area contributed by atoms with Crippen molar-refractivity contribution >= 4 is 11.5 Å². The van der Waals surface area contributed by atoms with Crippen molar-refractivity contribution in [2.75, 3.05) is 13.2 Å². The van der Waals surface area contributed by atoms with Gasteiger partial charge in [0, 0.05) is 25.5 Å². The first-order valence-electron chi connectivity index (χ1n) is 6.46. The molecule has 0 amide bonds. The van der Waals surface area contributed by atoms with Gasteiger partial charge < -0.3 is 20.3 Å². The second-order valence-corrected chi connectivity index (χ2v) is 5.05. The van der Waals surface area contributed by atoms with Crippen molar-refractivity contribution in [3.05, 3.63) is 38.7 Å². The molecule has 0 radical (unpaired) electrons. The van der Waals surface area contributed by atoms with E-state index in [-0.39, 0.29) is 42.1 Å². The van der Waals surface area contributed by atoms with E-state index in [4.69, 9.17) is 10.2 Å². The van der Waals surface area contributed by atoms with Gasteiger partial charge in [0.05, 0.1) is 5.56 Å². The number of carboxylic acid groups (broad SMARTS) is 1. The first-order valence-corrected chi connectivity index (χ1v) is 6.46. The molecule has 5 N–H and O–H groups in total. The molecule has 8 nitrogen and oxygen atoms in total. The molecule has 3 unspecified atom stereocenters. The summed E-state index contributed by atoms with van der Waals surface area (Å²) < 4.78 is 0. The summed E-state index contributed by atoms with van der Waals surface area (Å²) in [6.45, 7) is -0.321. The van der Waals surface area contributed by atoms with Crippen LogP contribution in [0.25, 0.3) is 5.57 Å². The Balaban J connectivity index is 2.44. The summed E-state index contributed by atoms with van der Waals surface area (Å²) in [4.78, 5) is 38.2. The molecular formula is C13H16N2O6. The lowest BCUT2D eigenvalue weighted by Crippen LogP contribution is -2.42. The summed E-state index contributed by atoms with van der Waals surface area (Å²) in [6.07, 6.45) is 2.54. The molecule has 21 heavy (non-hydrogen) atoms. The molecule has 1 heterocycles. The van der Waals surface area contributed by atoms with Crippen molar-refractivity contribution in [3.63, 3.8) is 0 Å². The van der Waals surface area contributed by atoms with Crippen LogP contribution in [0.1, 0.15) is 12.0 Å². The molecule has 1 aromatic heterocycles. The summed E-state index contributed by atoms with van der Waals surface area (Å²) >= 11 is 0. The highest BCUT2D eigenvalue weighted by Gasteiger charge is 2.42. The van der Waals surface area contributed by atoms with Crippen LogP contribution in [0.2, 0.25) is 0 Å². The summed E-state index contributed by atoms with van der Waals surface area (Å²) in [6, 6.07) is 0. The van der Waals surface area contributed by atoms with Gasteiger partial charge in [-0.15, -0.1) is 0 Å². The second kappa shape index (κ2) is 6.06. The zero-order chi connectivity index (χ0) is 15.6. The Hall–Kier alpha value is -2.19. The van der Waals surface area contributed by atoms with Gasteiger partial charge in [-0.1, -0.05) is 0 Å². The number of rotatable bonds is 5. The molecule has 1 aliphatic rings. The lowest BCUT2D eigenvalue weighted by molar-refractivity contribution is -0.131. The molecule has 0 spiro atoms. The van der Waals surface area contributed by atoms with E-state index in [1.54, 1.807) is 0 Å². The number of carbonyl (C=O) groups is 1. The van der Waals surface area contributed by atoms with Crippen LogP contribution in [0, 0.1) is 17.8 Å². The Morgan fingerprint density at radius 3 is 2.57 bits per heavy atom.